The van der Waals surface area contributed by atoms with Crippen LogP contribution in [0, 0.1) is 0 Å². The van der Waals surface area contributed by atoms with Crippen molar-refractivity contribution in [1.29, 1.82) is 0 Å². The summed E-state index contributed by atoms with van der Waals surface area (Å²) < 4.78 is 7.75. The standard InChI is InChI=1S/C20H29N5O2/c1-4-25-12-13-27-18(19(25)16-8-6-5-7-9-16)14-21-20(26)22-15(2)17-10-11-24(3)23-17/h5-11,15,18-19H,4,12-14H2,1-3H3,(H2,21,22,26)/t15?,18-,19-/m0/s1. The second-order valence-electron chi connectivity index (χ2n) is 6.88. The first kappa shape index (κ1) is 19.4. The van der Waals surface area contributed by atoms with E-state index in [9.17, 15) is 4.79 Å². The molecule has 1 aromatic heterocycles. The number of hydrogen-bond donors (Lipinski definition) is 2. The number of nitrogens with zero attached hydrogens (tertiary/aromatic N) is 3. The van der Waals surface area contributed by atoms with Gasteiger partial charge >= 0.3 is 6.03 Å². The molecular formula is C20H29N5O2. The summed E-state index contributed by atoms with van der Waals surface area (Å²) in [6.45, 7) is 7.06. The minimum Gasteiger partial charge on any atom is -0.373 e. The van der Waals surface area contributed by atoms with Gasteiger partial charge < -0.3 is 15.4 Å². The maximum atomic E-state index is 12.3. The average molecular weight is 371 g/mol. The Balaban J connectivity index is 1.60. The minimum atomic E-state index is -0.211. The molecule has 3 rings (SSSR count). The monoisotopic (exact) mass is 371 g/mol. The van der Waals surface area contributed by atoms with Gasteiger partial charge in [0.1, 0.15) is 0 Å². The first-order chi connectivity index (χ1) is 13.1. The molecule has 0 aliphatic carbocycles. The number of rotatable bonds is 6. The van der Waals surface area contributed by atoms with Crippen molar-refractivity contribution in [2.45, 2.75) is 32.0 Å². The average Bonchev–Trinajstić information content (AvgIpc) is 3.13. The van der Waals surface area contributed by atoms with Gasteiger partial charge in [0.05, 0.1) is 30.5 Å². The van der Waals surface area contributed by atoms with Gasteiger partial charge in [-0.1, -0.05) is 37.3 Å². The quantitative estimate of drug-likeness (QED) is 0.817. The van der Waals surface area contributed by atoms with E-state index in [1.165, 1.54) is 5.56 Å². The molecule has 2 heterocycles. The number of ether oxygens (including phenoxy) is 1. The molecule has 1 saturated heterocycles. The Morgan fingerprint density at radius 1 is 1.33 bits per heavy atom. The summed E-state index contributed by atoms with van der Waals surface area (Å²) in [6.07, 6.45) is 1.78. The number of carbonyl (C=O) groups is 1. The molecule has 0 saturated carbocycles. The molecule has 3 atom stereocenters. The Morgan fingerprint density at radius 2 is 2.11 bits per heavy atom. The van der Waals surface area contributed by atoms with E-state index in [0.717, 1.165) is 18.8 Å². The third kappa shape index (κ3) is 4.87. The molecule has 0 radical (unpaired) electrons. The topological polar surface area (TPSA) is 71.4 Å². The fraction of sp³-hybridized carbons (Fsp3) is 0.500. The van der Waals surface area contributed by atoms with Crippen LogP contribution in [-0.4, -0.2) is 53.1 Å². The molecule has 2 aromatic rings. The van der Waals surface area contributed by atoms with E-state index in [1.807, 2.05) is 44.4 Å². The van der Waals surface area contributed by atoms with Crippen molar-refractivity contribution >= 4 is 6.03 Å². The highest BCUT2D eigenvalue weighted by Crippen LogP contribution is 2.29. The Bertz CT molecular complexity index is 733. The number of urea groups is 1. The van der Waals surface area contributed by atoms with Crippen LogP contribution >= 0.6 is 0 Å². The van der Waals surface area contributed by atoms with Gasteiger partial charge in [-0.15, -0.1) is 0 Å². The zero-order chi connectivity index (χ0) is 19.2. The van der Waals surface area contributed by atoms with Gasteiger partial charge in [-0.2, -0.15) is 5.10 Å². The smallest absolute Gasteiger partial charge is 0.315 e. The summed E-state index contributed by atoms with van der Waals surface area (Å²) >= 11 is 0. The largest absolute Gasteiger partial charge is 0.373 e. The van der Waals surface area contributed by atoms with E-state index in [0.29, 0.717) is 13.2 Å². The zero-order valence-corrected chi connectivity index (χ0v) is 16.3. The van der Waals surface area contributed by atoms with Crippen molar-refractivity contribution in [2.24, 2.45) is 7.05 Å². The molecule has 1 aliphatic heterocycles. The lowest BCUT2D eigenvalue weighted by atomic mass is 9.98. The van der Waals surface area contributed by atoms with Crippen molar-refractivity contribution in [3.63, 3.8) is 0 Å². The van der Waals surface area contributed by atoms with Crippen LogP contribution < -0.4 is 10.6 Å². The Morgan fingerprint density at radius 3 is 2.78 bits per heavy atom. The van der Waals surface area contributed by atoms with E-state index in [-0.39, 0.29) is 24.2 Å². The lowest BCUT2D eigenvalue weighted by molar-refractivity contribution is -0.0682. The predicted molar refractivity (Wildman–Crippen MR) is 104 cm³/mol. The third-order valence-electron chi connectivity index (χ3n) is 4.99. The lowest BCUT2D eigenvalue weighted by Gasteiger charge is -2.41. The fourth-order valence-electron chi connectivity index (χ4n) is 3.57. The molecule has 27 heavy (non-hydrogen) atoms. The van der Waals surface area contributed by atoms with Crippen LogP contribution in [0.5, 0.6) is 0 Å². The van der Waals surface area contributed by atoms with Gasteiger partial charge in [-0.25, -0.2) is 4.79 Å². The van der Waals surface area contributed by atoms with Crippen LogP contribution in [-0.2, 0) is 11.8 Å². The first-order valence-corrected chi connectivity index (χ1v) is 9.53. The zero-order valence-electron chi connectivity index (χ0n) is 16.3. The van der Waals surface area contributed by atoms with E-state index < -0.39 is 0 Å². The Hall–Kier alpha value is -2.38. The summed E-state index contributed by atoms with van der Waals surface area (Å²) in [7, 11) is 1.86. The van der Waals surface area contributed by atoms with Crippen molar-refractivity contribution in [2.75, 3.05) is 26.2 Å². The molecular weight excluding hydrogens is 342 g/mol. The number of aryl methyl sites for hydroxylation is 1. The Labute approximate surface area is 160 Å². The summed E-state index contributed by atoms with van der Waals surface area (Å²) in [4.78, 5) is 14.7. The minimum absolute atomic E-state index is 0.0861. The van der Waals surface area contributed by atoms with E-state index >= 15 is 0 Å². The van der Waals surface area contributed by atoms with Crippen molar-refractivity contribution in [3.05, 3.63) is 53.9 Å². The molecule has 2 amide bonds. The fourth-order valence-corrected chi connectivity index (χ4v) is 3.57. The number of aromatic nitrogens is 2. The van der Waals surface area contributed by atoms with Gasteiger partial charge in [0, 0.05) is 26.3 Å². The number of benzene rings is 1. The molecule has 0 bridgehead atoms. The lowest BCUT2D eigenvalue weighted by Crippen LogP contribution is -2.51. The van der Waals surface area contributed by atoms with Gasteiger partial charge in [-0.05, 0) is 25.1 Å². The summed E-state index contributed by atoms with van der Waals surface area (Å²) in [5.41, 5.74) is 2.05. The molecule has 2 N–H and O–H groups in total. The highest BCUT2D eigenvalue weighted by Gasteiger charge is 2.32. The summed E-state index contributed by atoms with van der Waals surface area (Å²) in [5, 5.41) is 10.2. The molecule has 7 nitrogen and oxygen atoms in total. The Kier molecular flexibility index (Phi) is 6.47. The van der Waals surface area contributed by atoms with Crippen molar-refractivity contribution in [3.8, 4) is 0 Å². The maximum Gasteiger partial charge on any atom is 0.315 e. The number of nitrogens with one attached hydrogen (secondary N) is 2. The second-order valence-corrected chi connectivity index (χ2v) is 6.88. The molecule has 1 unspecified atom stereocenters. The van der Waals surface area contributed by atoms with Gasteiger partial charge in [0.2, 0.25) is 0 Å². The van der Waals surface area contributed by atoms with Crippen molar-refractivity contribution < 1.29 is 9.53 Å². The van der Waals surface area contributed by atoms with Crippen LogP contribution in [0.4, 0.5) is 4.79 Å². The van der Waals surface area contributed by atoms with Crippen LogP contribution in [0.2, 0.25) is 0 Å². The second kappa shape index (κ2) is 9.01. The molecule has 0 spiro atoms. The van der Waals surface area contributed by atoms with E-state index in [2.05, 4.69) is 39.7 Å². The molecule has 1 aromatic carbocycles. The highest BCUT2D eigenvalue weighted by molar-refractivity contribution is 5.74. The summed E-state index contributed by atoms with van der Waals surface area (Å²) in [5.74, 6) is 0. The number of amides is 2. The number of hydrogen-bond acceptors (Lipinski definition) is 4. The number of carbonyl (C=O) groups excluding carboxylic acids is 1. The van der Waals surface area contributed by atoms with Crippen LogP contribution in [0.3, 0.4) is 0 Å². The predicted octanol–water partition coefficient (Wildman–Crippen LogP) is 2.24. The van der Waals surface area contributed by atoms with Crippen LogP contribution in [0.1, 0.15) is 37.2 Å². The maximum absolute atomic E-state index is 12.3. The van der Waals surface area contributed by atoms with E-state index in [4.69, 9.17) is 4.74 Å². The van der Waals surface area contributed by atoms with Crippen LogP contribution in [0.15, 0.2) is 42.6 Å². The van der Waals surface area contributed by atoms with Crippen LogP contribution in [0.25, 0.3) is 0 Å². The van der Waals surface area contributed by atoms with Crippen molar-refractivity contribution in [1.82, 2.24) is 25.3 Å². The summed E-state index contributed by atoms with van der Waals surface area (Å²) in [6, 6.07) is 12.0. The van der Waals surface area contributed by atoms with Gasteiger partial charge in [0.25, 0.3) is 0 Å². The SMILES string of the molecule is CCN1CCO[C@@H](CNC(=O)NC(C)c2ccn(C)n2)[C@@H]1c1ccccc1. The van der Waals surface area contributed by atoms with Gasteiger partial charge in [-0.3, -0.25) is 9.58 Å². The number of morpholine rings is 1. The molecule has 146 valence electrons. The van der Waals surface area contributed by atoms with Gasteiger partial charge in [0.15, 0.2) is 0 Å². The normalized spacial score (nSPS) is 21.6. The first-order valence-electron chi connectivity index (χ1n) is 9.53. The van der Waals surface area contributed by atoms with E-state index in [1.54, 1.807) is 4.68 Å². The molecule has 7 heteroatoms. The highest BCUT2D eigenvalue weighted by atomic mass is 16.5. The third-order valence-corrected chi connectivity index (χ3v) is 4.99. The molecule has 1 aliphatic rings. The molecule has 1 fully saturated rings. The number of likely N-dealkylation sites (N-methyl/N-ethyl adjacent to an activating group) is 1.